The monoisotopic (exact) mass is 274 g/mol. The van der Waals surface area contributed by atoms with Gasteiger partial charge in [0.2, 0.25) is 5.91 Å². The van der Waals surface area contributed by atoms with E-state index in [1.165, 1.54) is 5.56 Å². The highest BCUT2D eigenvalue weighted by molar-refractivity contribution is 5.92. The summed E-state index contributed by atoms with van der Waals surface area (Å²) in [5.41, 5.74) is 1.74. The molecule has 2 N–H and O–H groups in total. The lowest BCUT2D eigenvalue weighted by molar-refractivity contribution is -0.117. The van der Waals surface area contributed by atoms with Gasteiger partial charge in [0.15, 0.2) is 0 Å². The number of hydrogen-bond donors (Lipinski definition) is 2. The predicted molar refractivity (Wildman–Crippen MR) is 84.4 cm³/mol. The molecule has 0 saturated carbocycles. The Hall–Kier alpha value is -1.61. The van der Waals surface area contributed by atoms with E-state index >= 15 is 0 Å². The number of nitrogens with one attached hydrogen (secondary N) is 2. The number of rotatable bonds is 8. The minimum Gasteiger partial charge on any atom is -0.350 e. The summed E-state index contributed by atoms with van der Waals surface area (Å²) in [4.78, 5) is 11.7. The van der Waals surface area contributed by atoms with Crippen molar-refractivity contribution in [1.29, 1.82) is 0 Å². The van der Waals surface area contributed by atoms with Crippen LogP contribution in [-0.2, 0) is 11.3 Å². The molecular weight excluding hydrogens is 248 g/mol. The number of hydrogen-bond acceptors (Lipinski definition) is 2. The van der Waals surface area contributed by atoms with Gasteiger partial charge in [0.05, 0.1) is 0 Å². The molecule has 1 rings (SSSR count). The first-order valence-corrected chi connectivity index (χ1v) is 7.25. The fourth-order valence-corrected chi connectivity index (χ4v) is 2.10. The molecule has 0 aliphatic rings. The summed E-state index contributed by atoms with van der Waals surface area (Å²) in [7, 11) is 0. The fourth-order valence-electron chi connectivity index (χ4n) is 2.10. The fraction of sp³-hybridized carbons (Fsp3) is 0.471. The normalized spacial score (nSPS) is 11.2. The van der Waals surface area contributed by atoms with Gasteiger partial charge in [0.1, 0.15) is 0 Å². The Labute approximate surface area is 122 Å². The lowest BCUT2D eigenvalue weighted by Gasteiger charge is -2.33. The molecule has 0 aliphatic carbocycles. The first kappa shape index (κ1) is 16.4. The smallest absolute Gasteiger partial charge is 0.246 e. The van der Waals surface area contributed by atoms with Crippen molar-refractivity contribution in [3.05, 3.63) is 48.0 Å². The summed E-state index contributed by atoms with van der Waals surface area (Å²) < 4.78 is 0. The van der Waals surface area contributed by atoms with Crippen LogP contribution in [0.4, 0.5) is 0 Å². The summed E-state index contributed by atoms with van der Waals surface area (Å²) in [6.07, 6.45) is 1.93. The number of carbonyl (C=O) groups is 1. The van der Waals surface area contributed by atoms with Crippen LogP contribution in [0.25, 0.3) is 0 Å². The van der Waals surface area contributed by atoms with Crippen molar-refractivity contribution in [2.45, 2.75) is 45.7 Å². The molecule has 0 atom stereocenters. The zero-order valence-electron chi connectivity index (χ0n) is 12.8. The van der Waals surface area contributed by atoms with Crippen LogP contribution in [0.1, 0.15) is 39.2 Å². The van der Waals surface area contributed by atoms with Crippen LogP contribution < -0.4 is 10.6 Å². The van der Waals surface area contributed by atoms with Gasteiger partial charge in [-0.15, -0.1) is 0 Å². The second kappa shape index (κ2) is 7.85. The van der Waals surface area contributed by atoms with Crippen LogP contribution in [0.15, 0.2) is 42.5 Å². The Balaban J connectivity index is 2.61. The molecule has 0 saturated heterocycles. The zero-order valence-corrected chi connectivity index (χ0v) is 12.8. The van der Waals surface area contributed by atoms with Crippen LogP contribution in [0.3, 0.4) is 0 Å². The molecule has 0 heterocycles. The Morgan fingerprint density at radius 1 is 1.20 bits per heavy atom. The standard InChI is InChI=1S/C17H26N2O/c1-5-17(6-2,13-18-16(20)14(3)4)19-12-15-10-8-7-9-11-15/h7-11,19H,3,5-6,12-13H2,1-2,4H3,(H,18,20). The second-order valence-corrected chi connectivity index (χ2v) is 5.29. The summed E-state index contributed by atoms with van der Waals surface area (Å²) in [5, 5.41) is 6.56. The van der Waals surface area contributed by atoms with E-state index in [2.05, 4.69) is 43.2 Å². The molecule has 1 aromatic carbocycles. The lowest BCUT2D eigenvalue weighted by Crippen LogP contribution is -2.52. The van der Waals surface area contributed by atoms with Crippen molar-refractivity contribution >= 4 is 5.91 Å². The van der Waals surface area contributed by atoms with Crippen LogP contribution in [0, 0.1) is 0 Å². The third-order valence-corrected chi connectivity index (χ3v) is 3.84. The van der Waals surface area contributed by atoms with Crippen molar-refractivity contribution in [1.82, 2.24) is 10.6 Å². The van der Waals surface area contributed by atoms with Gasteiger partial charge in [-0.3, -0.25) is 4.79 Å². The highest BCUT2D eigenvalue weighted by Gasteiger charge is 2.25. The highest BCUT2D eigenvalue weighted by Crippen LogP contribution is 2.15. The Bertz CT molecular complexity index is 436. The van der Waals surface area contributed by atoms with E-state index in [9.17, 15) is 4.79 Å². The first-order valence-electron chi connectivity index (χ1n) is 7.25. The van der Waals surface area contributed by atoms with Crippen molar-refractivity contribution in [2.24, 2.45) is 0 Å². The highest BCUT2D eigenvalue weighted by atomic mass is 16.1. The number of carbonyl (C=O) groups excluding carboxylic acids is 1. The van der Waals surface area contributed by atoms with E-state index in [1.807, 2.05) is 18.2 Å². The minimum absolute atomic E-state index is 0.0685. The topological polar surface area (TPSA) is 41.1 Å². The van der Waals surface area contributed by atoms with Gasteiger partial charge in [-0.2, -0.15) is 0 Å². The van der Waals surface area contributed by atoms with Crippen LogP contribution >= 0.6 is 0 Å². The van der Waals surface area contributed by atoms with Gasteiger partial charge in [-0.05, 0) is 25.3 Å². The Morgan fingerprint density at radius 3 is 2.30 bits per heavy atom. The predicted octanol–water partition coefficient (Wildman–Crippen LogP) is 3.03. The quantitative estimate of drug-likeness (QED) is 0.715. The molecular formula is C17H26N2O. The molecule has 0 fully saturated rings. The van der Waals surface area contributed by atoms with E-state index in [0.29, 0.717) is 12.1 Å². The van der Waals surface area contributed by atoms with Crippen molar-refractivity contribution in [3.8, 4) is 0 Å². The summed E-state index contributed by atoms with van der Waals surface area (Å²) in [6.45, 7) is 11.1. The molecule has 1 aromatic rings. The van der Waals surface area contributed by atoms with Gasteiger partial charge < -0.3 is 10.6 Å². The molecule has 0 unspecified atom stereocenters. The third-order valence-electron chi connectivity index (χ3n) is 3.84. The maximum Gasteiger partial charge on any atom is 0.246 e. The molecule has 110 valence electrons. The van der Waals surface area contributed by atoms with Crippen molar-refractivity contribution < 1.29 is 4.79 Å². The Morgan fingerprint density at radius 2 is 1.80 bits per heavy atom. The van der Waals surface area contributed by atoms with E-state index in [1.54, 1.807) is 6.92 Å². The van der Waals surface area contributed by atoms with Crippen LogP contribution in [-0.4, -0.2) is 18.0 Å². The van der Waals surface area contributed by atoms with Gasteiger partial charge in [-0.1, -0.05) is 50.8 Å². The molecule has 0 spiro atoms. The number of benzene rings is 1. The van der Waals surface area contributed by atoms with E-state index < -0.39 is 0 Å². The molecule has 3 nitrogen and oxygen atoms in total. The summed E-state index contributed by atoms with van der Waals surface area (Å²) in [6, 6.07) is 10.3. The third kappa shape index (κ3) is 4.82. The maximum atomic E-state index is 11.7. The van der Waals surface area contributed by atoms with Gasteiger partial charge >= 0.3 is 0 Å². The molecule has 0 aromatic heterocycles. The summed E-state index contributed by atoms with van der Waals surface area (Å²) >= 11 is 0. The van der Waals surface area contributed by atoms with E-state index in [4.69, 9.17) is 0 Å². The summed E-state index contributed by atoms with van der Waals surface area (Å²) in [5.74, 6) is -0.0715. The van der Waals surface area contributed by atoms with Crippen LogP contribution in [0.2, 0.25) is 0 Å². The minimum atomic E-state index is -0.0715. The molecule has 1 amide bonds. The second-order valence-electron chi connectivity index (χ2n) is 5.29. The average Bonchev–Trinajstić information content (AvgIpc) is 2.49. The van der Waals surface area contributed by atoms with E-state index in [0.717, 1.165) is 19.4 Å². The van der Waals surface area contributed by atoms with Crippen LogP contribution in [0.5, 0.6) is 0 Å². The van der Waals surface area contributed by atoms with E-state index in [-0.39, 0.29) is 11.4 Å². The molecule has 20 heavy (non-hydrogen) atoms. The SMILES string of the molecule is C=C(C)C(=O)NCC(CC)(CC)NCc1ccccc1. The molecule has 3 heteroatoms. The Kier molecular flexibility index (Phi) is 6.46. The van der Waals surface area contributed by atoms with Gasteiger partial charge in [-0.25, -0.2) is 0 Å². The first-order chi connectivity index (χ1) is 9.53. The van der Waals surface area contributed by atoms with Gasteiger partial charge in [0.25, 0.3) is 0 Å². The van der Waals surface area contributed by atoms with Gasteiger partial charge in [0, 0.05) is 24.2 Å². The molecule has 0 aliphatic heterocycles. The number of amides is 1. The lowest BCUT2D eigenvalue weighted by atomic mass is 9.92. The maximum absolute atomic E-state index is 11.7. The average molecular weight is 274 g/mol. The zero-order chi connectivity index (χ0) is 15.0. The largest absolute Gasteiger partial charge is 0.350 e. The molecule has 0 radical (unpaired) electrons. The van der Waals surface area contributed by atoms with Crippen molar-refractivity contribution in [3.63, 3.8) is 0 Å². The molecule has 0 bridgehead atoms. The van der Waals surface area contributed by atoms with Crippen molar-refractivity contribution in [2.75, 3.05) is 6.54 Å².